The van der Waals surface area contributed by atoms with E-state index in [1.165, 1.54) is 5.57 Å². The Kier molecular flexibility index (Phi) is 2.67. The van der Waals surface area contributed by atoms with Gasteiger partial charge in [0.1, 0.15) is 0 Å². The molecule has 1 heteroatoms. The summed E-state index contributed by atoms with van der Waals surface area (Å²) < 4.78 is 0. The lowest BCUT2D eigenvalue weighted by Gasteiger charge is -2.27. The molecule has 68 valence electrons. The van der Waals surface area contributed by atoms with Crippen molar-refractivity contribution in [3.8, 4) is 0 Å². The molecule has 1 unspecified atom stereocenters. The largest absolute Gasteiger partial charge is 0.0885 e. The first-order valence-electron chi connectivity index (χ1n) is 4.49. The zero-order valence-corrected chi connectivity index (χ0v) is 9.07. The van der Waals surface area contributed by atoms with Crippen molar-refractivity contribution >= 4 is 11.6 Å². The molecule has 0 aliphatic heterocycles. The highest BCUT2D eigenvalue weighted by Crippen LogP contribution is 2.37. The van der Waals surface area contributed by atoms with Gasteiger partial charge >= 0.3 is 0 Å². The van der Waals surface area contributed by atoms with Gasteiger partial charge in [0, 0.05) is 5.03 Å². The summed E-state index contributed by atoms with van der Waals surface area (Å²) >= 11 is 6.25. The minimum absolute atomic E-state index is 0.183. The summed E-state index contributed by atoms with van der Waals surface area (Å²) in [5, 5.41) is 1.05. The van der Waals surface area contributed by atoms with Crippen LogP contribution in [0.25, 0.3) is 0 Å². The summed E-state index contributed by atoms with van der Waals surface area (Å²) in [5.74, 6) is 0.505. The zero-order chi connectivity index (χ0) is 9.35. The standard InChI is InChI=1S/C11H17Cl/c1-8-6-5-7-9(10(8)12)11(2,3)4/h5,7-8H,6H2,1-4H3. The average molecular weight is 185 g/mol. The summed E-state index contributed by atoms with van der Waals surface area (Å²) in [6.45, 7) is 8.78. The van der Waals surface area contributed by atoms with Crippen molar-refractivity contribution in [1.29, 1.82) is 0 Å². The van der Waals surface area contributed by atoms with E-state index in [1.54, 1.807) is 0 Å². The Balaban J connectivity index is 3.02. The van der Waals surface area contributed by atoms with Crippen LogP contribution in [0.2, 0.25) is 0 Å². The van der Waals surface area contributed by atoms with Gasteiger partial charge in [0.15, 0.2) is 0 Å². The van der Waals surface area contributed by atoms with E-state index in [0.29, 0.717) is 5.92 Å². The van der Waals surface area contributed by atoms with Gasteiger partial charge in [-0.15, -0.1) is 0 Å². The predicted octanol–water partition coefficient (Wildman–Crippen LogP) is 4.12. The summed E-state index contributed by atoms with van der Waals surface area (Å²) in [7, 11) is 0. The van der Waals surface area contributed by atoms with Gasteiger partial charge in [0.05, 0.1) is 0 Å². The maximum Gasteiger partial charge on any atom is 0.0249 e. The van der Waals surface area contributed by atoms with E-state index in [-0.39, 0.29) is 5.41 Å². The Morgan fingerprint density at radius 2 is 2.00 bits per heavy atom. The van der Waals surface area contributed by atoms with Gasteiger partial charge < -0.3 is 0 Å². The molecule has 0 radical (unpaired) electrons. The molecule has 12 heavy (non-hydrogen) atoms. The van der Waals surface area contributed by atoms with Gasteiger partial charge in [-0.25, -0.2) is 0 Å². The Bertz CT molecular complexity index is 228. The second-order valence-electron chi connectivity index (χ2n) is 4.55. The first-order chi connectivity index (χ1) is 5.43. The molecule has 0 N–H and O–H groups in total. The highest BCUT2D eigenvalue weighted by Gasteiger charge is 2.22. The fraction of sp³-hybridized carbons (Fsp3) is 0.636. The van der Waals surface area contributed by atoms with Crippen molar-refractivity contribution in [3.63, 3.8) is 0 Å². The predicted molar refractivity (Wildman–Crippen MR) is 55.3 cm³/mol. The Morgan fingerprint density at radius 3 is 2.42 bits per heavy atom. The topological polar surface area (TPSA) is 0 Å². The van der Waals surface area contributed by atoms with Crippen molar-refractivity contribution in [1.82, 2.24) is 0 Å². The van der Waals surface area contributed by atoms with Crippen LogP contribution < -0.4 is 0 Å². The van der Waals surface area contributed by atoms with Crippen LogP contribution in [0.5, 0.6) is 0 Å². The molecule has 0 nitrogen and oxygen atoms in total. The second kappa shape index (κ2) is 3.26. The molecule has 0 aromatic heterocycles. The van der Waals surface area contributed by atoms with Crippen LogP contribution in [0.4, 0.5) is 0 Å². The molecule has 0 aromatic carbocycles. The van der Waals surface area contributed by atoms with Crippen molar-refractivity contribution in [2.24, 2.45) is 11.3 Å². The average Bonchev–Trinajstić information content (AvgIpc) is 1.92. The second-order valence-corrected chi connectivity index (χ2v) is 4.96. The monoisotopic (exact) mass is 184 g/mol. The van der Waals surface area contributed by atoms with Crippen LogP contribution in [0.3, 0.4) is 0 Å². The fourth-order valence-electron chi connectivity index (χ4n) is 1.45. The highest BCUT2D eigenvalue weighted by atomic mass is 35.5. The molecule has 0 saturated carbocycles. The van der Waals surface area contributed by atoms with E-state index in [9.17, 15) is 0 Å². The van der Waals surface area contributed by atoms with Crippen LogP contribution >= 0.6 is 11.6 Å². The third-order valence-corrected chi connectivity index (χ3v) is 2.85. The first kappa shape index (κ1) is 9.85. The Morgan fingerprint density at radius 1 is 1.42 bits per heavy atom. The maximum absolute atomic E-state index is 6.25. The minimum atomic E-state index is 0.183. The highest BCUT2D eigenvalue weighted by molar-refractivity contribution is 6.30. The third kappa shape index (κ3) is 1.92. The van der Waals surface area contributed by atoms with Crippen LogP contribution in [-0.4, -0.2) is 0 Å². The molecule has 0 amide bonds. The van der Waals surface area contributed by atoms with Crippen LogP contribution in [0, 0.1) is 11.3 Å². The molecule has 1 atom stereocenters. The molecule has 1 rings (SSSR count). The smallest absolute Gasteiger partial charge is 0.0249 e. The van der Waals surface area contributed by atoms with Crippen molar-refractivity contribution in [2.45, 2.75) is 34.1 Å². The lowest BCUT2D eigenvalue weighted by atomic mass is 9.81. The van der Waals surface area contributed by atoms with Gasteiger partial charge in [-0.05, 0) is 23.3 Å². The zero-order valence-electron chi connectivity index (χ0n) is 8.32. The number of halogens is 1. The molecule has 0 saturated heterocycles. The third-order valence-electron chi connectivity index (χ3n) is 2.27. The molecule has 1 aliphatic carbocycles. The molecule has 0 aromatic rings. The summed E-state index contributed by atoms with van der Waals surface area (Å²) in [6.07, 6.45) is 5.47. The van der Waals surface area contributed by atoms with Gasteiger partial charge in [-0.2, -0.15) is 0 Å². The molecule has 0 fully saturated rings. The number of hydrogen-bond acceptors (Lipinski definition) is 0. The molecule has 1 aliphatic rings. The van der Waals surface area contributed by atoms with Crippen molar-refractivity contribution < 1.29 is 0 Å². The first-order valence-corrected chi connectivity index (χ1v) is 4.87. The Hall–Kier alpha value is -0.230. The van der Waals surface area contributed by atoms with Crippen molar-refractivity contribution in [2.75, 3.05) is 0 Å². The van der Waals surface area contributed by atoms with Crippen LogP contribution in [0.15, 0.2) is 22.8 Å². The molecule has 0 heterocycles. The van der Waals surface area contributed by atoms with E-state index in [4.69, 9.17) is 11.6 Å². The van der Waals surface area contributed by atoms with Gasteiger partial charge in [-0.1, -0.05) is 51.4 Å². The summed E-state index contributed by atoms with van der Waals surface area (Å²) in [5.41, 5.74) is 1.48. The Labute approximate surface area is 80.3 Å². The number of rotatable bonds is 0. The molecule has 0 bridgehead atoms. The summed E-state index contributed by atoms with van der Waals surface area (Å²) in [4.78, 5) is 0. The van der Waals surface area contributed by atoms with E-state index in [0.717, 1.165) is 11.5 Å². The van der Waals surface area contributed by atoms with Crippen molar-refractivity contribution in [3.05, 3.63) is 22.8 Å². The summed E-state index contributed by atoms with van der Waals surface area (Å²) in [6, 6.07) is 0. The quantitative estimate of drug-likeness (QED) is 0.531. The SMILES string of the molecule is CC1CC=CC(C(C)(C)C)=C1Cl. The van der Waals surface area contributed by atoms with Gasteiger partial charge in [0.2, 0.25) is 0 Å². The maximum atomic E-state index is 6.25. The van der Waals surface area contributed by atoms with Crippen LogP contribution in [-0.2, 0) is 0 Å². The number of allylic oxidation sites excluding steroid dienone is 4. The number of hydrogen-bond donors (Lipinski definition) is 0. The fourth-order valence-corrected chi connectivity index (χ4v) is 1.88. The molecular weight excluding hydrogens is 168 g/mol. The van der Waals surface area contributed by atoms with E-state index in [1.807, 2.05) is 0 Å². The molecular formula is C11H17Cl. The van der Waals surface area contributed by atoms with Crippen LogP contribution in [0.1, 0.15) is 34.1 Å². The normalized spacial score (nSPS) is 24.9. The van der Waals surface area contributed by atoms with E-state index < -0.39 is 0 Å². The lowest BCUT2D eigenvalue weighted by molar-refractivity contribution is 0.501. The lowest BCUT2D eigenvalue weighted by Crippen LogP contribution is -2.13. The van der Waals surface area contributed by atoms with E-state index >= 15 is 0 Å². The minimum Gasteiger partial charge on any atom is -0.0885 e. The molecule has 0 spiro atoms. The van der Waals surface area contributed by atoms with E-state index in [2.05, 4.69) is 39.8 Å². The van der Waals surface area contributed by atoms with Gasteiger partial charge in [0.25, 0.3) is 0 Å². The van der Waals surface area contributed by atoms with Gasteiger partial charge in [-0.3, -0.25) is 0 Å².